The molecule has 0 aliphatic rings. The van der Waals surface area contributed by atoms with Gasteiger partial charge in [-0.3, -0.25) is 4.79 Å². The lowest BCUT2D eigenvalue weighted by atomic mass is 10.1. The van der Waals surface area contributed by atoms with Gasteiger partial charge in [0.2, 0.25) is 0 Å². The molecule has 0 aliphatic heterocycles. The molecule has 0 radical (unpaired) electrons. The Kier molecular flexibility index (Phi) is 5.44. The monoisotopic (exact) mass is 301 g/mol. The Morgan fingerprint density at radius 1 is 1.59 bits per heavy atom. The topological polar surface area (TPSA) is 58.6 Å². The van der Waals surface area contributed by atoms with Crippen molar-refractivity contribution < 1.29 is 14.6 Å². The van der Waals surface area contributed by atoms with Crippen LogP contribution in [0.5, 0.6) is 5.75 Å². The third-order valence-electron chi connectivity index (χ3n) is 2.15. The maximum Gasteiger partial charge on any atom is 0.257 e. The van der Waals surface area contributed by atoms with Crippen LogP contribution in [0, 0.1) is 0 Å². The van der Waals surface area contributed by atoms with Crippen LogP contribution in [0.4, 0.5) is 0 Å². The van der Waals surface area contributed by atoms with E-state index >= 15 is 0 Å². The van der Waals surface area contributed by atoms with Crippen LogP contribution in [0.15, 0.2) is 22.7 Å². The molecule has 0 saturated carbocycles. The molecule has 5 heteroatoms. The van der Waals surface area contributed by atoms with Crippen molar-refractivity contribution in [2.24, 2.45) is 0 Å². The molecule has 1 amide bonds. The fraction of sp³-hybridized carbons (Fsp3) is 0.417. The largest absolute Gasteiger partial charge is 0.483 e. The zero-order valence-corrected chi connectivity index (χ0v) is 11.5. The summed E-state index contributed by atoms with van der Waals surface area (Å²) in [5.41, 5.74) is 0.656. The van der Waals surface area contributed by atoms with Gasteiger partial charge in [-0.2, -0.15) is 0 Å². The molecular weight excluding hydrogens is 286 g/mol. The number of halogens is 1. The van der Waals surface area contributed by atoms with Crippen LogP contribution in [0.3, 0.4) is 0 Å². The number of benzene rings is 1. The molecule has 0 spiro atoms. The molecular formula is C12H16BrNO3. The van der Waals surface area contributed by atoms with Crippen LogP contribution < -0.4 is 10.1 Å². The fourth-order valence-corrected chi connectivity index (χ4v) is 1.75. The summed E-state index contributed by atoms with van der Waals surface area (Å²) in [4.78, 5) is 11.3. The SMILES string of the molecule is CCNC(=O)COc1ccc(Br)cc1[C@@H](C)O. The lowest BCUT2D eigenvalue weighted by Crippen LogP contribution is -2.28. The quantitative estimate of drug-likeness (QED) is 0.875. The first kappa shape index (κ1) is 14.0. The molecule has 0 aliphatic carbocycles. The number of aliphatic hydroxyl groups excluding tert-OH is 1. The van der Waals surface area contributed by atoms with Crippen molar-refractivity contribution >= 4 is 21.8 Å². The highest BCUT2D eigenvalue weighted by atomic mass is 79.9. The molecule has 0 unspecified atom stereocenters. The summed E-state index contributed by atoms with van der Waals surface area (Å²) < 4.78 is 6.23. The average molecular weight is 302 g/mol. The van der Waals surface area contributed by atoms with E-state index in [1.165, 1.54) is 0 Å². The number of aliphatic hydroxyl groups is 1. The number of carbonyl (C=O) groups excluding carboxylic acids is 1. The molecule has 0 bridgehead atoms. The van der Waals surface area contributed by atoms with E-state index in [0.717, 1.165) is 4.47 Å². The highest BCUT2D eigenvalue weighted by molar-refractivity contribution is 9.10. The molecule has 17 heavy (non-hydrogen) atoms. The number of amides is 1. The smallest absolute Gasteiger partial charge is 0.257 e. The Morgan fingerprint density at radius 3 is 2.88 bits per heavy atom. The van der Waals surface area contributed by atoms with Crippen LogP contribution >= 0.6 is 15.9 Å². The zero-order chi connectivity index (χ0) is 12.8. The molecule has 0 saturated heterocycles. The van der Waals surface area contributed by atoms with Gasteiger partial charge in [0.05, 0.1) is 6.10 Å². The van der Waals surface area contributed by atoms with Crippen molar-refractivity contribution in [3.8, 4) is 5.75 Å². The van der Waals surface area contributed by atoms with E-state index in [1.54, 1.807) is 25.1 Å². The zero-order valence-electron chi connectivity index (χ0n) is 9.87. The van der Waals surface area contributed by atoms with E-state index in [9.17, 15) is 9.90 Å². The second kappa shape index (κ2) is 6.61. The van der Waals surface area contributed by atoms with Gasteiger partial charge in [-0.15, -0.1) is 0 Å². The van der Waals surface area contributed by atoms with Gasteiger partial charge < -0.3 is 15.2 Å². The number of rotatable bonds is 5. The Bertz CT molecular complexity index is 393. The predicted octanol–water partition coefficient (Wildman–Crippen LogP) is 2.02. The summed E-state index contributed by atoms with van der Waals surface area (Å²) in [6.45, 7) is 4.03. The lowest BCUT2D eigenvalue weighted by Gasteiger charge is -2.13. The predicted molar refractivity (Wildman–Crippen MR) is 69.0 cm³/mol. The average Bonchev–Trinajstić information content (AvgIpc) is 2.27. The minimum atomic E-state index is -0.642. The second-order valence-corrected chi connectivity index (χ2v) is 4.52. The van der Waals surface area contributed by atoms with Crippen LogP contribution in [-0.4, -0.2) is 24.2 Å². The molecule has 1 aromatic rings. The molecule has 0 fully saturated rings. The standard InChI is InChI=1S/C12H16BrNO3/c1-3-14-12(16)7-17-11-5-4-9(13)6-10(11)8(2)15/h4-6,8,15H,3,7H2,1-2H3,(H,14,16)/t8-/m1/s1. The Hall–Kier alpha value is -1.07. The first-order chi connectivity index (χ1) is 8.04. The summed E-state index contributed by atoms with van der Waals surface area (Å²) in [7, 11) is 0. The van der Waals surface area contributed by atoms with E-state index < -0.39 is 6.10 Å². The van der Waals surface area contributed by atoms with Gasteiger partial charge in [-0.25, -0.2) is 0 Å². The highest BCUT2D eigenvalue weighted by Gasteiger charge is 2.11. The van der Waals surface area contributed by atoms with E-state index in [2.05, 4.69) is 21.2 Å². The van der Waals surface area contributed by atoms with E-state index in [0.29, 0.717) is 17.9 Å². The molecule has 1 rings (SSSR count). The van der Waals surface area contributed by atoms with Crippen molar-refractivity contribution in [2.45, 2.75) is 20.0 Å². The van der Waals surface area contributed by atoms with Gasteiger partial charge in [-0.1, -0.05) is 15.9 Å². The lowest BCUT2D eigenvalue weighted by molar-refractivity contribution is -0.123. The van der Waals surface area contributed by atoms with Gasteiger partial charge in [-0.05, 0) is 32.0 Å². The second-order valence-electron chi connectivity index (χ2n) is 3.60. The van der Waals surface area contributed by atoms with E-state index in [-0.39, 0.29) is 12.5 Å². The van der Waals surface area contributed by atoms with E-state index in [1.807, 2.05) is 6.92 Å². The normalized spacial score (nSPS) is 12.0. The van der Waals surface area contributed by atoms with Gasteiger partial charge in [0.25, 0.3) is 5.91 Å². The minimum absolute atomic E-state index is 0.0464. The molecule has 1 aromatic carbocycles. The number of hydrogen-bond donors (Lipinski definition) is 2. The first-order valence-corrected chi connectivity index (χ1v) is 6.21. The molecule has 2 N–H and O–H groups in total. The maximum absolute atomic E-state index is 11.3. The van der Waals surface area contributed by atoms with E-state index in [4.69, 9.17) is 4.74 Å². The van der Waals surface area contributed by atoms with Crippen molar-refractivity contribution in [1.82, 2.24) is 5.32 Å². The van der Waals surface area contributed by atoms with Gasteiger partial charge in [0.15, 0.2) is 6.61 Å². The Balaban J connectivity index is 2.73. The van der Waals surface area contributed by atoms with Gasteiger partial charge >= 0.3 is 0 Å². The number of hydrogen-bond acceptors (Lipinski definition) is 3. The third-order valence-corrected chi connectivity index (χ3v) is 2.65. The van der Waals surface area contributed by atoms with Crippen molar-refractivity contribution in [3.05, 3.63) is 28.2 Å². The number of carbonyl (C=O) groups is 1. The molecule has 0 heterocycles. The third kappa shape index (κ3) is 4.36. The van der Waals surface area contributed by atoms with Crippen LogP contribution in [0.1, 0.15) is 25.5 Å². The number of likely N-dealkylation sites (N-methyl/N-ethyl adjacent to an activating group) is 1. The Labute approximate surface area is 109 Å². The van der Waals surface area contributed by atoms with Crippen LogP contribution in [0.2, 0.25) is 0 Å². The molecule has 94 valence electrons. The van der Waals surface area contributed by atoms with Gasteiger partial charge in [0.1, 0.15) is 5.75 Å². The molecule has 4 nitrogen and oxygen atoms in total. The van der Waals surface area contributed by atoms with Gasteiger partial charge in [0, 0.05) is 16.6 Å². The van der Waals surface area contributed by atoms with Crippen LogP contribution in [0.25, 0.3) is 0 Å². The summed E-state index contributed by atoms with van der Waals surface area (Å²) in [5.74, 6) is 0.349. The molecule has 0 aromatic heterocycles. The number of nitrogens with one attached hydrogen (secondary N) is 1. The summed E-state index contributed by atoms with van der Waals surface area (Å²) in [5, 5.41) is 12.2. The Morgan fingerprint density at radius 2 is 2.29 bits per heavy atom. The molecule has 1 atom stereocenters. The summed E-state index contributed by atoms with van der Waals surface area (Å²) in [6, 6.07) is 5.31. The van der Waals surface area contributed by atoms with Crippen molar-refractivity contribution in [2.75, 3.05) is 13.2 Å². The highest BCUT2D eigenvalue weighted by Crippen LogP contribution is 2.28. The number of ether oxygens (including phenoxy) is 1. The van der Waals surface area contributed by atoms with Crippen LogP contribution in [-0.2, 0) is 4.79 Å². The van der Waals surface area contributed by atoms with Crippen molar-refractivity contribution in [1.29, 1.82) is 0 Å². The van der Waals surface area contributed by atoms with Crippen molar-refractivity contribution in [3.63, 3.8) is 0 Å². The first-order valence-electron chi connectivity index (χ1n) is 5.41. The minimum Gasteiger partial charge on any atom is -0.483 e. The summed E-state index contributed by atoms with van der Waals surface area (Å²) in [6.07, 6.45) is -0.642. The summed E-state index contributed by atoms with van der Waals surface area (Å²) >= 11 is 3.32. The fourth-order valence-electron chi connectivity index (χ4n) is 1.37. The maximum atomic E-state index is 11.3.